The fourth-order valence-corrected chi connectivity index (χ4v) is 4.93. The molecule has 9 nitrogen and oxygen atoms in total. The molecular formula is C25H33N7O2. The van der Waals surface area contributed by atoms with Gasteiger partial charge in [-0.15, -0.1) is 0 Å². The molecule has 5 rings (SSSR count). The number of aromatic nitrogens is 4. The maximum atomic E-state index is 12.3. The van der Waals surface area contributed by atoms with Gasteiger partial charge in [0.25, 0.3) is 5.91 Å². The van der Waals surface area contributed by atoms with Crippen molar-refractivity contribution in [3.63, 3.8) is 0 Å². The number of fused-ring (bicyclic) bond motifs is 1. The number of anilines is 3. The van der Waals surface area contributed by atoms with E-state index in [9.17, 15) is 9.90 Å². The average Bonchev–Trinajstić information content (AvgIpc) is 3.27. The molecule has 3 aromatic rings. The lowest BCUT2D eigenvalue weighted by molar-refractivity contribution is -0.148. The fourth-order valence-electron chi connectivity index (χ4n) is 4.93. The number of amides is 1. The van der Waals surface area contributed by atoms with E-state index in [2.05, 4.69) is 37.1 Å². The highest BCUT2D eigenvalue weighted by atomic mass is 16.3. The Kier molecular flexibility index (Phi) is 6.12. The second-order valence-corrected chi connectivity index (χ2v) is 9.86. The van der Waals surface area contributed by atoms with E-state index in [-0.39, 0.29) is 5.91 Å². The first-order chi connectivity index (χ1) is 16.4. The highest BCUT2D eigenvalue weighted by Gasteiger charge is 2.31. The number of nitrogens with zero attached hydrogens (tertiary/aromatic N) is 6. The van der Waals surface area contributed by atoms with Gasteiger partial charge in [-0.3, -0.25) is 4.79 Å². The number of benzene rings is 1. The van der Waals surface area contributed by atoms with Gasteiger partial charge in [-0.25, -0.2) is 9.67 Å². The molecule has 180 valence electrons. The quantitative estimate of drug-likeness (QED) is 0.597. The third kappa shape index (κ3) is 4.70. The van der Waals surface area contributed by atoms with Crippen LogP contribution in [0.15, 0.2) is 36.7 Å². The third-order valence-corrected chi connectivity index (χ3v) is 6.83. The highest BCUT2D eigenvalue weighted by molar-refractivity contribution is 5.84. The predicted molar refractivity (Wildman–Crippen MR) is 132 cm³/mol. The van der Waals surface area contributed by atoms with E-state index in [4.69, 9.17) is 4.98 Å². The van der Waals surface area contributed by atoms with Gasteiger partial charge in [-0.1, -0.05) is 19.3 Å². The van der Waals surface area contributed by atoms with E-state index in [1.54, 1.807) is 18.7 Å². The standard InChI is InChI=1S/C25H33N7O2/c1-25(2,34)23(33)31-14-12-30(13-15-31)20-10-8-19(9-11-20)28-24-26-16-18-17-27-32(22(18)29-24)21-6-4-3-5-7-21/h8-11,16-17,21,34H,3-7,12-15H2,1-2H3,(H,26,28,29). The molecule has 0 spiro atoms. The molecule has 0 bridgehead atoms. The van der Waals surface area contributed by atoms with Crippen LogP contribution in [0.4, 0.5) is 17.3 Å². The summed E-state index contributed by atoms with van der Waals surface area (Å²) in [5.74, 6) is 0.352. The van der Waals surface area contributed by atoms with Crippen LogP contribution in [0.2, 0.25) is 0 Å². The zero-order chi connectivity index (χ0) is 23.7. The van der Waals surface area contributed by atoms with E-state index in [0.29, 0.717) is 25.1 Å². The number of rotatable bonds is 5. The van der Waals surface area contributed by atoms with Gasteiger partial charge in [-0.05, 0) is 51.0 Å². The van der Waals surface area contributed by atoms with E-state index in [0.717, 1.165) is 48.3 Å². The minimum absolute atomic E-state index is 0.214. The zero-order valence-electron chi connectivity index (χ0n) is 19.9. The largest absolute Gasteiger partial charge is 0.381 e. The van der Waals surface area contributed by atoms with Crippen LogP contribution in [0.1, 0.15) is 52.0 Å². The van der Waals surface area contributed by atoms with Crippen molar-refractivity contribution in [2.45, 2.75) is 57.6 Å². The van der Waals surface area contributed by atoms with Crippen LogP contribution in [0.5, 0.6) is 0 Å². The lowest BCUT2D eigenvalue weighted by Gasteiger charge is -2.38. The predicted octanol–water partition coefficient (Wildman–Crippen LogP) is 3.49. The van der Waals surface area contributed by atoms with Gasteiger partial charge in [0.15, 0.2) is 5.65 Å². The number of piperazine rings is 1. The molecule has 2 fully saturated rings. The first-order valence-electron chi connectivity index (χ1n) is 12.2. The Bertz CT molecular complexity index is 1140. The minimum Gasteiger partial charge on any atom is -0.381 e. The molecule has 1 aromatic carbocycles. The van der Waals surface area contributed by atoms with E-state index < -0.39 is 5.60 Å². The normalized spacial score (nSPS) is 17.9. The number of hydrogen-bond acceptors (Lipinski definition) is 7. The minimum atomic E-state index is -1.32. The highest BCUT2D eigenvalue weighted by Crippen LogP contribution is 2.30. The van der Waals surface area contributed by atoms with E-state index in [1.807, 2.05) is 24.5 Å². The Hall–Kier alpha value is -3.20. The third-order valence-electron chi connectivity index (χ3n) is 6.83. The summed E-state index contributed by atoms with van der Waals surface area (Å²) in [4.78, 5) is 25.5. The molecule has 0 atom stereocenters. The first-order valence-corrected chi connectivity index (χ1v) is 12.2. The average molecular weight is 464 g/mol. The molecule has 9 heteroatoms. The Morgan fingerprint density at radius 3 is 2.41 bits per heavy atom. The molecule has 1 amide bonds. The van der Waals surface area contributed by atoms with Crippen molar-refractivity contribution in [3.8, 4) is 0 Å². The van der Waals surface area contributed by atoms with Gasteiger partial charge < -0.3 is 20.2 Å². The van der Waals surface area contributed by atoms with Crippen molar-refractivity contribution in [2.75, 3.05) is 36.4 Å². The van der Waals surface area contributed by atoms with Gasteiger partial charge in [0.2, 0.25) is 5.95 Å². The van der Waals surface area contributed by atoms with Gasteiger partial charge >= 0.3 is 0 Å². The van der Waals surface area contributed by atoms with Crippen LogP contribution in [-0.4, -0.2) is 67.4 Å². The maximum Gasteiger partial charge on any atom is 0.254 e. The lowest BCUT2D eigenvalue weighted by atomic mass is 9.96. The molecule has 2 N–H and O–H groups in total. The molecule has 3 heterocycles. The molecule has 1 aliphatic heterocycles. The molecule has 0 radical (unpaired) electrons. The second kappa shape index (κ2) is 9.21. The van der Waals surface area contributed by atoms with Gasteiger partial charge in [0, 0.05) is 43.8 Å². The summed E-state index contributed by atoms with van der Waals surface area (Å²) in [6.07, 6.45) is 9.81. The number of hydrogen-bond donors (Lipinski definition) is 2. The topological polar surface area (TPSA) is 99.4 Å². The van der Waals surface area contributed by atoms with Crippen LogP contribution in [-0.2, 0) is 4.79 Å². The molecular weight excluding hydrogens is 430 g/mol. The molecule has 0 unspecified atom stereocenters. The van der Waals surface area contributed by atoms with Gasteiger partial charge in [0.1, 0.15) is 5.60 Å². The van der Waals surface area contributed by atoms with E-state index in [1.165, 1.54) is 19.3 Å². The van der Waals surface area contributed by atoms with Crippen LogP contribution < -0.4 is 10.2 Å². The molecule has 2 aromatic heterocycles. The Morgan fingerprint density at radius 2 is 1.74 bits per heavy atom. The lowest BCUT2D eigenvalue weighted by Crippen LogP contribution is -2.54. The first kappa shape index (κ1) is 22.6. The monoisotopic (exact) mass is 463 g/mol. The Morgan fingerprint density at radius 1 is 1.03 bits per heavy atom. The molecule has 34 heavy (non-hydrogen) atoms. The van der Waals surface area contributed by atoms with Gasteiger partial charge in [0.05, 0.1) is 17.6 Å². The van der Waals surface area contributed by atoms with E-state index >= 15 is 0 Å². The SMILES string of the molecule is CC(C)(O)C(=O)N1CCN(c2ccc(Nc3ncc4cnn(C5CCCCC5)c4n3)cc2)CC1. The summed E-state index contributed by atoms with van der Waals surface area (Å²) in [6.45, 7) is 5.76. The van der Waals surface area contributed by atoms with Crippen molar-refractivity contribution in [2.24, 2.45) is 0 Å². The van der Waals surface area contributed by atoms with Crippen molar-refractivity contribution in [3.05, 3.63) is 36.7 Å². The molecule has 2 aliphatic rings. The summed E-state index contributed by atoms with van der Waals surface area (Å²) in [5.41, 5.74) is 1.59. The number of aliphatic hydroxyl groups is 1. The maximum absolute atomic E-state index is 12.3. The number of carbonyl (C=O) groups excluding carboxylic acids is 1. The number of nitrogens with one attached hydrogen (secondary N) is 1. The van der Waals surface area contributed by atoms with Gasteiger partial charge in [-0.2, -0.15) is 10.1 Å². The molecule has 1 aliphatic carbocycles. The van der Waals surface area contributed by atoms with Crippen molar-refractivity contribution >= 4 is 34.3 Å². The second-order valence-electron chi connectivity index (χ2n) is 9.86. The summed E-state index contributed by atoms with van der Waals surface area (Å²) >= 11 is 0. The van der Waals surface area contributed by atoms with Crippen LogP contribution in [0.25, 0.3) is 11.0 Å². The zero-order valence-corrected chi connectivity index (χ0v) is 19.9. The molecule has 1 saturated carbocycles. The van der Waals surface area contributed by atoms with Crippen LogP contribution in [0, 0.1) is 0 Å². The van der Waals surface area contributed by atoms with Crippen molar-refractivity contribution in [1.29, 1.82) is 0 Å². The van der Waals surface area contributed by atoms with Crippen LogP contribution >= 0.6 is 0 Å². The summed E-state index contributed by atoms with van der Waals surface area (Å²) in [7, 11) is 0. The summed E-state index contributed by atoms with van der Waals surface area (Å²) in [6, 6.07) is 8.61. The smallest absolute Gasteiger partial charge is 0.254 e. The molecule has 1 saturated heterocycles. The van der Waals surface area contributed by atoms with Crippen LogP contribution in [0.3, 0.4) is 0 Å². The Balaban J connectivity index is 1.24. The summed E-state index contributed by atoms with van der Waals surface area (Å²) < 4.78 is 2.08. The number of carbonyl (C=O) groups is 1. The van der Waals surface area contributed by atoms with Crippen molar-refractivity contribution in [1.82, 2.24) is 24.6 Å². The fraction of sp³-hybridized carbons (Fsp3) is 0.520. The Labute approximate surface area is 199 Å². The van der Waals surface area contributed by atoms with Crippen molar-refractivity contribution < 1.29 is 9.90 Å². The summed E-state index contributed by atoms with van der Waals surface area (Å²) in [5, 5.41) is 18.9.